The highest BCUT2D eigenvalue weighted by atomic mass is 79.9. The molecular formula is C14H10Br2F2O. The van der Waals surface area contributed by atoms with Crippen molar-refractivity contribution in [3.8, 4) is 0 Å². The van der Waals surface area contributed by atoms with Crippen LogP contribution in [0.2, 0.25) is 0 Å². The summed E-state index contributed by atoms with van der Waals surface area (Å²) in [6, 6.07) is 8.92. The summed E-state index contributed by atoms with van der Waals surface area (Å²) in [5, 5.41) is 10.1. The van der Waals surface area contributed by atoms with E-state index in [-0.39, 0.29) is 17.8 Å². The van der Waals surface area contributed by atoms with Gasteiger partial charge in [0.1, 0.15) is 11.6 Å². The second kappa shape index (κ2) is 6.11. The molecule has 0 saturated carbocycles. The standard InChI is InChI=1S/C14H10Br2F2O/c15-11-5-4-9(17)6-8(11)7-13(19)10-2-1-3-12(16)14(10)18/h1-6,13,19H,7H2. The van der Waals surface area contributed by atoms with Gasteiger partial charge in [-0.1, -0.05) is 28.1 Å². The van der Waals surface area contributed by atoms with E-state index < -0.39 is 11.9 Å². The molecule has 0 fully saturated rings. The van der Waals surface area contributed by atoms with Crippen LogP contribution in [0, 0.1) is 11.6 Å². The number of halogens is 4. The van der Waals surface area contributed by atoms with E-state index >= 15 is 0 Å². The van der Waals surface area contributed by atoms with E-state index in [1.807, 2.05) is 0 Å². The van der Waals surface area contributed by atoms with Crippen molar-refractivity contribution in [2.45, 2.75) is 12.5 Å². The first-order valence-corrected chi connectivity index (χ1v) is 7.13. The van der Waals surface area contributed by atoms with E-state index in [1.54, 1.807) is 18.2 Å². The Labute approximate surface area is 126 Å². The van der Waals surface area contributed by atoms with Crippen LogP contribution in [0.15, 0.2) is 45.3 Å². The van der Waals surface area contributed by atoms with Gasteiger partial charge < -0.3 is 5.11 Å². The van der Waals surface area contributed by atoms with Crippen LogP contribution in [0.25, 0.3) is 0 Å². The maximum absolute atomic E-state index is 13.8. The summed E-state index contributed by atoms with van der Waals surface area (Å²) in [5.74, 6) is -0.886. The predicted octanol–water partition coefficient (Wildman–Crippen LogP) is 4.77. The molecule has 0 spiro atoms. The number of hydrogen-bond donors (Lipinski definition) is 1. The molecule has 19 heavy (non-hydrogen) atoms. The molecule has 1 N–H and O–H groups in total. The van der Waals surface area contributed by atoms with Crippen molar-refractivity contribution in [2.75, 3.05) is 0 Å². The lowest BCUT2D eigenvalue weighted by Crippen LogP contribution is -2.05. The molecule has 0 saturated heterocycles. The fourth-order valence-corrected chi connectivity index (χ4v) is 2.59. The third-order valence-electron chi connectivity index (χ3n) is 2.76. The quantitative estimate of drug-likeness (QED) is 0.799. The second-order valence-electron chi connectivity index (χ2n) is 4.10. The van der Waals surface area contributed by atoms with Gasteiger partial charge in [-0.2, -0.15) is 0 Å². The van der Waals surface area contributed by atoms with Gasteiger partial charge in [0.05, 0.1) is 10.6 Å². The van der Waals surface area contributed by atoms with Crippen LogP contribution >= 0.6 is 31.9 Å². The predicted molar refractivity (Wildman–Crippen MR) is 76.9 cm³/mol. The minimum absolute atomic E-state index is 0.131. The van der Waals surface area contributed by atoms with Crippen LogP contribution in [0.5, 0.6) is 0 Å². The summed E-state index contributed by atoms with van der Waals surface area (Å²) >= 11 is 6.35. The average Bonchev–Trinajstić information content (AvgIpc) is 2.37. The third-order valence-corrected chi connectivity index (χ3v) is 4.15. The zero-order chi connectivity index (χ0) is 14.0. The van der Waals surface area contributed by atoms with Crippen LogP contribution in [-0.2, 0) is 6.42 Å². The van der Waals surface area contributed by atoms with Gasteiger partial charge in [-0.05, 0) is 45.8 Å². The Morgan fingerprint density at radius 3 is 2.53 bits per heavy atom. The van der Waals surface area contributed by atoms with Crippen LogP contribution in [0.3, 0.4) is 0 Å². The van der Waals surface area contributed by atoms with Crippen LogP contribution in [-0.4, -0.2) is 5.11 Å². The van der Waals surface area contributed by atoms with Gasteiger partial charge in [-0.25, -0.2) is 8.78 Å². The minimum atomic E-state index is -1.03. The Hall–Kier alpha value is -0.780. The number of rotatable bonds is 3. The SMILES string of the molecule is OC(Cc1cc(F)ccc1Br)c1cccc(Br)c1F. The molecule has 1 atom stereocenters. The van der Waals surface area contributed by atoms with Gasteiger partial charge in [-0.15, -0.1) is 0 Å². The van der Waals surface area contributed by atoms with Gasteiger partial charge in [0.15, 0.2) is 0 Å². The molecule has 100 valence electrons. The van der Waals surface area contributed by atoms with E-state index in [2.05, 4.69) is 31.9 Å². The van der Waals surface area contributed by atoms with Gasteiger partial charge >= 0.3 is 0 Å². The smallest absolute Gasteiger partial charge is 0.143 e. The van der Waals surface area contributed by atoms with Crippen LogP contribution < -0.4 is 0 Å². The lowest BCUT2D eigenvalue weighted by atomic mass is 10.0. The zero-order valence-electron chi connectivity index (χ0n) is 9.71. The molecule has 0 aliphatic carbocycles. The average molecular weight is 392 g/mol. The van der Waals surface area contributed by atoms with E-state index in [1.165, 1.54) is 18.2 Å². The lowest BCUT2D eigenvalue weighted by molar-refractivity contribution is 0.173. The fourth-order valence-electron chi connectivity index (χ4n) is 1.80. The summed E-state index contributed by atoms with van der Waals surface area (Å²) in [4.78, 5) is 0. The van der Waals surface area contributed by atoms with Crippen molar-refractivity contribution in [1.29, 1.82) is 0 Å². The largest absolute Gasteiger partial charge is 0.388 e. The van der Waals surface area contributed by atoms with Gasteiger partial charge in [0.25, 0.3) is 0 Å². The molecule has 2 rings (SSSR count). The topological polar surface area (TPSA) is 20.2 Å². The van der Waals surface area contributed by atoms with E-state index in [0.717, 1.165) is 0 Å². The number of benzene rings is 2. The first-order chi connectivity index (χ1) is 8.99. The Morgan fingerprint density at radius 2 is 1.79 bits per heavy atom. The van der Waals surface area contributed by atoms with Crippen molar-refractivity contribution in [3.05, 3.63) is 68.1 Å². The Morgan fingerprint density at radius 1 is 1.05 bits per heavy atom. The maximum Gasteiger partial charge on any atom is 0.143 e. The van der Waals surface area contributed by atoms with E-state index in [4.69, 9.17) is 0 Å². The van der Waals surface area contributed by atoms with Crippen molar-refractivity contribution < 1.29 is 13.9 Å². The maximum atomic E-state index is 13.8. The second-order valence-corrected chi connectivity index (χ2v) is 5.81. The molecular weight excluding hydrogens is 382 g/mol. The molecule has 0 aliphatic rings. The highest BCUT2D eigenvalue weighted by Gasteiger charge is 2.16. The Balaban J connectivity index is 2.28. The molecule has 1 unspecified atom stereocenters. The summed E-state index contributed by atoms with van der Waals surface area (Å²) in [5.41, 5.74) is 0.775. The van der Waals surface area contributed by atoms with Crippen molar-refractivity contribution in [1.82, 2.24) is 0 Å². The summed E-state index contributed by atoms with van der Waals surface area (Å²) in [7, 11) is 0. The molecule has 2 aromatic rings. The number of hydrogen-bond acceptors (Lipinski definition) is 1. The normalized spacial score (nSPS) is 12.5. The Bertz CT molecular complexity index is 602. The highest BCUT2D eigenvalue weighted by molar-refractivity contribution is 9.10. The van der Waals surface area contributed by atoms with Crippen LogP contribution in [0.1, 0.15) is 17.2 Å². The monoisotopic (exact) mass is 390 g/mol. The van der Waals surface area contributed by atoms with Crippen molar-refractivity contribution in [2.24, 2.45) is 0 Å². The van der Waals surface area contributed by atoms with Gasteiger partial charge in [0, 0.05) is 16.5 Å². The molecule has 2 aromatic carbocycles. The first kappa shape index (κ1) is 14.6. The third kappa shape index (κ3) is 3.41. The molecule has 0 aliphatic heterocycles. The van der Waals surface area contributed by atoms with Crippen LogP contribution in [0.4, 0.5) is 8.78 Å². The molecule has 0 radical (unpaired) electrons. The van der Waals surface area contributed by atoms with E-state index in [9.17, 15) is 13.9 Å². The minimum Gasteiger partial charge on any atom is -0.388 e. The summed E-state index contributed by atoms with van der Waals surface area (Å²) in [6.45, 7) is 0. The van der Waals surface area contributed by atoms with Gasteiger partial charge in [-0.3, -0.25) is 0 Å². The summed E-state index contributed by atoms with van der Waals surface area (Å²) < 4.78 is 28.0. The number of aliphatic hydroxyl groups excluding tert-OH is 1. The first-order valence-electron chi connectivity index (χ1n) is 5.55. The van der Waals surface area contributed by atoms with Crippen molar-refractivity contribution in [3.63, 3.8) is 0 Å². The highest BCUT2D eigenvalue weighted by Crippen LogP contribution is 2.28. The zero-order valence-corrected chi connectivity index (χ0v) is 12.9. The fraction of sp³-hybridized carbons (Fsp3) is 0.143. The molecule has 1 nitrogen and oxygen atoms in total. The molecule has 5 heteroatoms. The summed E-state index contributed by atoms with van der Waals surface area (Å²) in [6.07, 6.45) is -0.901. The van der Waals surface area contributed by atoms with Gasteiger partial charge in [0.2, 0.25) is 0 Å². The van der Waals surface area contributed by atoms with E-state index in [0.29, 0.717) is 14.5 Å². The molecule has 0 aromatic heterocycles. The number of aliphatic hydroxyl groups is 1. The Kier molecular flexibility index (Phi) is 4.71. The molecule has 0 heterocycles. The molecule has 0 bridgehead atoms. The van der Waals surface area contributed by atoms with Crippen molar-refractivity contribution >= 4 is 31.9 Å². The lowest BCUT2D eigenvalue weighted by Gasteiger charge is -2.14. The molecule has 0 amide bonds.